The second-order valence-corrected chi connectivity index (χ2v) is 4.69. The van der Waals surface area contributed by atoms with Gasteiger partial charge in [0.25, 0.3) is 0 Å². The van der Waals surface area contributed by atoms with Gasteiger partial charge in [0.05, 0.1) is 6.61 Å². The highest BCUT2D eigenvalue weighted by Crippen LogP contribution is 2.27. The van der Waals surface area contributed by atoms with Crippen LogP contribution in [0.3, 0.4) is 0 Å². The Hall–Kier alpha value is -0.790. The van der Waals surface area contributed by atoms with E-state index in [2.05, 4.69) is 0 Å². The zero-order chi connectivity index (χ0) is 10.5. The van der Waals surface area contributed by atoms with Gasteiger partial charge in [0.15, 0.2) is 11.5 Å². The van der Waals surface area contributed by atoms with Gasteiger partial charge >= 0.3 is 0 Å². The van der Waals surface area contributed by atoms with Crippen molar-refractivity contribution in [1.82, 2.24) is 0 Å². The number of rotatable bonds is 3. The molecule has 1 aliphatic carbocycles. The summed E-state index contributed by atoms with van der Waals surface area (Å²) >= 11 is 0. The molecule has 0 aromatic heterocycles. The number of carbonyl (C=O) groups is 1. The maximum Gasteiger partial charge on any atom is 0.197 e. The van der Waals surface area contributed by atoms with Crippen molar-refractivity contribution < 1.29 is 9.53 Å². The van der Waals surface area contributed by atoms with Crippen LogP contribution in [0.25, 0.3) is 0 Å². The quantitative estimate of drug-likeness (QED) is 0.666. The van der Waals surface area contributed by atoms with Crippen LogP contribution in [-0.4, -0.2) is 12.4 Å². The minimum Gasteiger partial charge on any atom is -0.490 e. The average molecular weight is 208 g/mol. The molecule has 15 heavy (non-hydrogen) atoms. The van der Waals surface area contributed by atoms with Gasteiger partial charge in [0, 0.05) is 12.8 Å². The van der Waals surface area contributed by atoms with Crippen molar-refractivity contribution in [1.29, 1.82) is 0 Å². The molecule has 0 bridgehead atoms. The summed E-state index contributed by atoms with van der Waals surface area (Å²) in [4.78, 5) is 11.8. The Bertz CT molecular complexity index is 247. The molecule has 2 heteroatoms. The van der Waals surface area contributed by atoms with E-state index in [9.17, 15) is 4.79 Å². The van der Waals surface area contributed by atoms with E-state index in [1.54, 1.807) is 0 Å². The molecule has 0 unspecified atom stereocenters. The van der Waals surface area contributed by atoms with Gasteiger partial charge in [-0.25, -0.2) is 0 Å². The van der Waals surface area contributed by atoms with Gasteiger partial charge in [-0.15, -0.1) is 0 Å². The minimum atomic E-state index is 0.236. The first-order chi connectivity index (χ1) is 7.36. The topological polar surface area (TPSA) is 26.3 Å². The Labute approximate surface area is 91.7 Å². The number of hydrogen-bond donors (Lipinski definition) is 0. The molecule has 0 amide bonds. The fourth-order valence-corrected chi connectivity index (χ4v) is 2.54. The summed E-state index contributed by atoms with van der Waals surface area (Å²) in [5.74, 6) is 1.49. The van der Waals surface area contributed by atoms with Crippen molar-refractivity contribution in [2.45, 2.75) is 51.4 Å². The Kier molecular flexibility index (Phi) is 3.81. The van der Waals surface area contributed by atoms with Crippen molar-refractivity contribution in [2.24, 2.45) is 5.92 Å². The molecule has 2 aliphatic rings. The van der Waals surface area contributed by atoms with Crippen LogP contribution in [0.15, 0.2) is 11.8 Å². The molecular formula is C13H20O2. The molecule has 0 saturated heterocycles. The predicted molar refractivity (Wildman–Crippen MR) is 59.5 cm³/mol. The lowest BCUT2D eigenvalue weighted by Gasteiger charge is -2.12. The van der Waals surface area contributed by atoms with Crippen molar-refractivity contribution >= 4 is 5.78 Å². The maximum atomic E-state index is 11.8. The molecule has 1 saturated carbocycles. The van der Waals surface area contributed by atoms with E-state index in [0.29, 0.717) is 24.7 Å². The summed E-state index contributed by atoms with van der Waals surface area (Å²) < 4.78 is 5.30. The first-order valence-electron chi connectivity index (χ1n) is 6.22. The monoisotopic (exact) mass is 208 g/mol. The Morgan fingerprint density at radius 1 is 1.27 bits per heavy atom. The second-order valence-electron chi connectivity index (χ2n) is 4.69. The first kappa shape index (κ1) is 10.7. The number of ether oxygens (including phenoxy) is 1. The van der Waals surface area contributed by atoms with Crippen LogP contribution < -0.4 is 0 Å². The van der Waals surface area contributed by atoms with Crippen LogP contribution in [0.1, 0.15) is 51.4 Å². The summed E-state index contributed by atoms with van der Waals surface area (Å²) in [5.41, 5.74) is 0. The van der Waals surface area contributed by atoms with Crippen LogP contribution in [0.5, 0.6) is 0 Å². The van der Waals surface area contributed by atoms with E-state index in [4.69, 9.17) is 4.74 Å². The maximum absolute atomic E-state index is 11.8. The lowest BCUT2D eigenvalue weighted by Crippen LogP contribution is -2.10. The van der Waals surface area contributed by atoms with Gasteiger partial charge in [0.2, 0.25) is 0 Å². The highest BCUT2D eigenvalue weighted by Gasteiger charge is 2.20. The molecule has 1 fully saturated rings. The fourth-order valence-electron chi connectivity index (χ4n) is 2.54. The number of Topliss-reactive ketones (excluding diaryl/α,β-unsaturated/α-hetero) is 1. The molecule has 1 aliphatic heterocycles. The Morgan fingerprint density at radius 3 is 2.60 bits per heavy atom. The van der Waals surface area contributed by atoms with E-state index < -0.39 is 0 Å². The van der Waals surface area contributed by atoms with Crippen LogP contribution >= 0.6 is 0 Å². The number of hydrogen-bond acceptors (Lipinski definition) is 2. The summed E-state index contributed by atoms with van der Waals surface area (Å²) in [6, 6.07) is 0. The molecule has 0 aromatic rings. The summed E-state index contributed by atoms with van der Waals surface area (Å²) in [5, 5.41) is 0. The van der Waals surface area contributed by atoms with Crippen LogP contribution in [-0.2, 0) is 9.53 Å². The highest BCUT2D eigenvalue weighted by molar-refractivity contribution is 5.93. The largest absolute Gasteiger partial charge is 0.490 e. The zero-order valence-electron chi connectivity index (χ0n) is 9.34. The molecular weight excluding hydrogens is 188 g/mol. The standard InChI is InChI=1S/C13H20O2/c14-12(13-8-5-9-15-13)10-11-6-3-1-2-4-7-11/h8,11H,1-7,9-10H2. The normalized spacial score (nSPS) is 23.1. The number of ketones is 1. The molecule has 2 rings (SSSR count). The summed E-state index contributed by atoms with van der Waals surface area (Å²) in [6.45, 7) is 0.700. The van der Waals surface area contributed by atoms with Gasteiger partial charge in [-0.3, -0.25) is 4.79 Å². The predicted octanol–water partition coefficient (Wildman–Crippen LogP) is 3.22. The lowest BCUT2D eigenvalue weighted by molar-refractivity contribution is -0.119. The molecule has 0 spiro atoms. The summed E-state index contributed by atoms with van der Waals surface area (Å²) in [7, 11) is 0. The van der Waals surface area contributed by atoms with Crippen LogP contribution in [0.4, 0.5) is 0 Å². The van der Waals surface area contributed by atoms with Crippen LogP contribution in [0.2, 0.25) is 0 Å². The van der Waals surface area contributed by atoms with Gasteiger partial charge in [-0.2, -0.15) is 0 Å². The molecule has 0 radical (unpaired) electrons. The van der Waals surface area contributed by atoms with Gasteiger partial charge in [-0.1, -0.05) is 38.5 Å². The third kappa shape index (κ3) is 3.08. The Morgan fingerprint density at radius 2 is 2.00 bits per heavy atom. The average Bonchev–Trinajstić information content (AvgIpc) is 2.65. The number of carbonyl (C=O) groups excluding carboxylic acids is 1. The molecule has 1 heterocycles. The van der Waals surface area contributed by atoms with E-state index >= 15 is 0 Å². The fraction of sp³-hybridized carbons (Fsp3) is 0.769. The van der Waals surface area contributed by atoms with E-state index in [-0.39, 0.29) is 5.78 Å². The molecule has 0 N–H and O–H groups in total. The van der Waals surface area contributed by atoms with E-state index in [1.807, 2.05) is 6.08 Å². The smallest absolute Gasteiger partial charge is 0.197 e. The Balaban J connectivity index is 1.81. The lowest BCUT2D eigenvalue weighted by atomic mass is 9.94. The number of allylic oxidation sites excluding steroid dienone is 1. The first-order valence-corrected chi connectivity index (χ1v) is 6.22. The molecule has 0 aromatic carbocycles. The summed E-state index contributed by atoms with van der Waals surface area (Å²) in [6.07, 6.45) is 11.3. The van der Waals surface area contributed by atoms with E-state index in [1.165, 1.54) is 38.5 Å². The third-order valence-corrected chi connectivity index (χ3v) is 3.43. The van der Waals surface area contributed by atoms with Crippen molar-refractivity contribution in [2.75, 3.05) is 6.61 Å². The molecule has 0 atom stereocenters. The highest BCUT2D eigenvalue weighted by atomic mass is 16.5. The van der Waals surface area contributed by atoms with Gasteiger partial charge in [0.1, 0.15) is 0 Å². The minimum absolute atomic E-state index is 0.236. The molecule has 2 nitrogen and oxygen atoms in total. The van der Waals surface area contributed by atoms with Gasteiger partial charge < -0.3 is 4.74 Å². The molecule has 84 valence electrons. The zero-order valence-corrected chi connectivity index (χ0v) is 9.34. The third-order valence-electron chi connectivity index (χ3n) is 3.43. The van der Waals surface area contributed by atoms with Crippen LogP contribution in [0, 0.1) is 5.92 Å². The van der Waals surface area contributed by atoms with Gasteiger partial charge in [-0.05, 0) is 12.0 Å². The van der Waals surface area contributed by atoms with Crippen molar-refractivity contribution in [3.05, 3.63) is 11.8 Å². The van der Waals surface area contributed by atoms with E-state index in [0.717, 1.165) is 6.42 Å². The SMILES string of the molecule is O=C(CC1CCCCCC1)C1=CCCO1. The second kappa shape index (κ2) is 5.34. The van der Waals surface area contributed by atoms with Crippen molar-refractivity contribution in [3.8, 4) is 0 Å². The van der Waals surface area contributed by atoms with Crippen molar-refractivity contribution in [3.63, 3.8) is 0 Å².